The van der Waals surface area contributed by atoms with Gasteiger partial charge in [0, 0.05) is 5.02 Å². The molecular formula is C15H15ClO3S. The normalized spacial score (nSPS) is 11.5. The highest BCUT2D eigenvalue weighted by molar-refractivity contribution is 7.89. The van der Waals surface area contributed by atoms with Gasteiger partial charge in [-0.3, -0.25) is 0 Å². The monoisotopic (exact) mass is 310 g/mol. The summed E-state index contributed by atoms with van der Waals surface area (Å²) in [6.07, 6.45) is 0. The lowest BCUT2D eigenvalue weighted by atomic mass is 10.2. The molecule has 0 aliphatic rings. The van der Waals surface area contributed by atoms with E-state index < -0.39 is 9.84 Å². The molecule has 2 rings (SSSR count). The van der Waals surface area contributed by atoms with Gasteiger partial charge in [-0.15, -0.1) is 0 Å². The van der Waals surface area contributed by atoms with E-state index in [0.717, 1.165) is 5.56 Å². The first kappa shape index (κ1) is 15.0. The maximum atomic E-state index is 12.2. The predicted molar refractivity (Wildman–Crippen MR) is 80.1 cm³/mol. The van der Waals surface area contributed by atoms with Crippen molar-refractivity contribution in [2.75, 3.05) is 0 Å². The van der Waals surface area contributed by atoms with Crippen LogP contribution >= 0.6 is 11.6 Å². The van der Waals surface area contributed by atoms with Crippen LogP contribution in [0.25, 0.3) is 0 Å². The molecule has 0 unspecified atom stereocenters. The molecule has 0 aliphatic carbocycles. The molecule has 0 heterocycles. The lowest BCUT2D eigenvalue weighted by molar-refractivity contribution is 0.282. The summed E-state index contributed by atoms with van der Waals surface area (Å²) in [5, 5.41) is 9.42. The molecule has 3 nitrogen and oxygen atoms in total. The quantitative estimate of drug-likeness (QED) is 0.923. The van der Waals surface area contributed by atoms with E-state index in [9.17, 15) is 8.42 Å². The molecule has 0 fully saturated rings. The fraction of sp³-hybridized carbons (Fsp3) is 0.200. The molecular weight excluding hydrogens is 296 g/mol. The minimum atomic E-state index is -3.28. The lowest BCUT2D eigenvalue weighted by Gasteiger charge is -2.07. The van der Waals surface area contributed by atoms with Gasteiger partial charge in [-0.1, -0.05) is 54.1 Å². The Kier molecular flexibility index (Phi) is 4.81. The van der Waals surface area contributed by atoms with Gasteiger partial charge < -0.3 is 5.11 Å². The number of hydrogen-bond donors (Lipinski definition) is 1. The van der Waals surface area contributed by atoms with Crippen LogP contribution in [0.4, 0.5) is 0 Å². The molecule has 2 aromatic rings. The van der Waals surface area contributed by atoms with Gasteiger partial charge in [-0.25, -0.2) is 8.42 Å². The standard InChI is InChI=1S/C15H15ClO3S/c16-15-4-2-1-3-14(15)11-20(18,19)10-13-7-5-12(9-17)6-8-13/h1-8,17H,9-11H2. The summed E-state index contributed by atoms with van der Waals surface area (Å²) in [5.74, 6) is -0.113. The molecule has 0 spiro atoms. The van der Waals surface area contributed by atoms with Crippen molar-refractivity contribution in [2.45, 2.75) is 18.1 Å². The summed E-state index contributed by atoms with van der Waals surface area (Å²) in [5.41, 5.74) is 2.08. The zero-order valence-electron chi connectivity index (χ0n) is 10.8. The second-order valence-corrected chi connectivity index (χ2v) is 7.07. The molecule has 0 aliphatic heterocycles. The molecule has 0 amide bonds. The highest BCUT2D eigenvalue weighted by atomic mass is 35.5. The zero-order valence-corrected chi connectivity index (χ0v) is 12.4. The summed E-state index contributed by atoms with van der Waals surface area (Å²) >= 11 is 5.98. The molecule has 1 N–H and O–H groups in total. The van der Waals surface area contributed by atoms with Gasteiger partial charge in [0.1, 0.15) is 0 Å². The first-order chi connectivity index (χ1) is 9.50. The first-order valence-corrected chi connectivity index (χ1v) is 8.32. The van der Waals surface area contributed by atoms with E-state index in [0.29, 0.717) is 16.1 Å². The number of hydrogen-bond acceptors (Lipinski definition) is 3. The van der Waals surface area contributed by atoms with Crippen LogP contribution in [0, 0.1) is 0 Å². The van der Waals surface area contributed by atoms with E-state index in [1.807, 2.05) is 0 Å². The van der Waals surface area contributed by atoms with Crippen LogP contribution in [0.15, 0.2) is 48.5 Å². The number of halogens is 1. The van der Waals surface area contributed by atoms with Crippen molar-refractivity contribution in [2.24, 2.45) is 0 Å². The number of rotatable bonds is 5. The number of sulfone groups is 1. The van der Waals surface area contributed by atoms with Crippen molar-refractivity contribution in [1.82, 2.24) is 0 Å². The van der Waals surface area contributed by atoms with Crippen molar-refractivity contribution in [1.29, 1.82) is 0 Å². The SMILES string of the molecule is O=S(=O)(Cc1ccc(CO)cc1)Cc1ccccc1Cl. The summed E-state index contributed by atoms with van der Waals surface area (Å²) in [4.78, 5) is 0. The number of aliphatic hydroxyl groups is 1. The van der Waals surface area contributed by atoms with Crippen molar-refractivity contribution in [3.63, 3.8) is 0 Å². The molecule has 2 aromatic carbocycles. The maximum absolute atomic E-state index is 12.2. The largest absolute Gasteiger partial charge is 0.392 e. The molecule has 0 aromatic heterocycles. The highest BCUT2D eigenvalue weighted by Crippen LogP contribution is 2.20. The maximum Gasteiger partial charge on any atom is 0.158 e. The molecule has 106 valence electrons. The van der Waals surface area contributed by atoms with Crippen LogP contribution in [-0.4, -0.2) is 13.5 Å². The van der Waals surface area contributed by atoms with E-state index in [1.165, 1.54) is 0 Å². The van der Waals surface area contributed by atoms with E-state index >= 15 is 0 Å². The number of aliphatic hydroxyl groups excluding tert-OH is 1. The van der Waals surface area contributed by atoms with Crippen molar-refractivity contribution in [3.05, 3.63) is 70.2 Å². The summed E-state index contributed by atoms with van der Waals surface area (Å²) < 4.78 is 24.3. The molecule has 0 saturated heterocycles. The second kappa shape index (κ2) is 6.39. The molecule has 0 bridgehead atoms. The fourth-order valence-electron chi connectivity index (χ4n) is 1.90. The average Bonchev–Trinajstić information content (AvgIpc) is 2.41. The zero-order chi connectivity index (χ0) is 14.6. The van der Waals surface area contributed by atoms with Crippen LogP contribution in [0.5, 0.6) is 0 Å². The average molecular weight is 311 g/mol. The molecule has 0 atom stereocenters. The van der Waals surface area contributed by atoms with Gasteiger partial charge >= 0.3 is 0 Å². The fourth-order valence-corrected chi connectivity index (χ4v) is 3.71. The van der Waals surface area contributed by atoms with Gasteiger partial charge in [-0.2, -0.15) is 0 Å². The summed E-state index contributed by atoms with van der Waals surface area (Å²) in [6.45, 7) is -0.0490. The van der Waals surface area contributed by atoms with Crippen molar-refractivity contribution in [3.8, 4) is 0 Å². The molecule has 20 heavy (non-hydrogen) atoms. The van der Waals surface area contributed by atoms with Crippen molar-refractivity contribution < 1.29 is 13.5 Å². The van der Waals surface area contributed by atoms with E-state index in [2.05, 4.69) is 0 Å². The highest BCUT2D eigenvalue weighted by Gasteiger charge is 2.14. The third kappa shape index (κ3) is 4.07. The van der Waals surface area contributed by atoms with E-state index in [-0.39, 0.29) is 18.1 Å². The summed E-state index contributed by atoms with van der Waals surface area (Å²) in [7, 11) is -3.28. The molecule has 0 radical (unpaired) electrons. The second-order valence-electron chi connectivity index (χ2n) is 4.60. The van der Waals surface area contributed by atoms with E-state index in [1.54, 1.807) is 48.5 Å². The lowest BCUT2D eigenvalue weighted by Crippen LogP contribution is -2.08. The Morgan fingerprint density at radius 1 is 0.900 bits per heavy atom. The Morgan fingerprint density at radius 2 is 1.50 bits per heavy atom. The van der Waals surface area contributed by atoms with E-state index in [4.69, 9.17) is 16.7 Å². The topological polar surface area (TPSA) is 54.4 Å². The molecule has 5 heteroatoms. The van der Waals surface area contributed by atoms with Gasteiger partial charge in [-0.05, 0) is 22.8 Å². The third-order valence-electron chi connectivity index (χ3n) is 2.93. The Labute approximate surface area is 123 Å². The van der Waals surface area contributed by atoms with Crippen LogP contribution in [0.1, 0.15) is 16.7 Å². The Morgan fingerprint density at radius 3 is 2.10 bits per heavy atom. The van der Waals surface area contributed by atoms with Gasteiger partial charge in [0.25, 0.3) is 0 Å². The van der Waals surface area contributed by atoms with Crippen LogP contribution in [0.2, 0.25) is 5.02 Å². The first-order valence-electron chi connectivity index (χ1n) is 6.13. The van der Waals surface area contributed by atoms with Gasteiger partial charge in [0.2, 0.25) is 0 Å². The third-order valence-corrected chi connectivity index (χ3v) is 4.82. The van der Waals surface area contributed by atoms with Crippen LogP contribution < -0.4 is 0 Å². The van der Waals surface area contributed by atoms with Crippen LogP contribution in [0.3, 0.4) is 0 Å². The Bertz CT molecular complexity index is 679. The molecule has 0 saturated carbocycles. The van der Waals surface area contributed by atoms with Gasteiger partial charge in [0.05, 0.1) is 18.1 Å². The smallest absolute Gasteiger partial charge is 0.158 e. The summed E-state index contributed by atoms with van der Waals surface area (Å²) in [6, 6.07) is 13.8. The predicted octanol–water partition coefficient (Wildman–Crippen LogP) is 2.95. The minimum absolute atomic E-state index is 0.0378. The Balaban J connectivity index is 2.13. The Hall–Kier alpha value is -1.36. The number of benzene rings is 2. The van der Waals surface area contributed by atoms with Crippen LogP contribution in [-0.2, 0) is 27.9 Å². The minimum Gasteiger partial charge on any atom is -0.392 e. The van der Waals surface area contributed by atoms with Crippen molar-refractivity contribution >= 4 is 21.4 Å². The van der Waals surface area contributed by atoms with Gasteiger partial charge in [0.15, 0.2) is 9.84 Å².